The molecule has 0 aliphatic rings. The lowest BCUT2D eigenvalue weighted by molar-refractivity contribution is 0.240. The highest BCUT2D eigenvalue weighted by Gasteiger charge is 2.07. The molecule has 0 fully saturated rings. The van der Waals surface area contributed by atoms with Gasteiger partial charge in [-0.2, -0.15) is 5.10 Å². The summed E-state index contributed by atoms with van der Waals surface area (Å²) in [6.45, 7) is 10.2. The molecule has 1 heterocycles. The van der Waals surface area contributed by atoms with Gasteiger partial charge in [-0.1, -0.05) is 12.1 Å². The lowest BCUT2D eigenvalue weighted by atomic mass is 10.1. The second-order valence-corrected chi connectivity index (χ2v) is 5.91. The first-order valence-corrected chi connectivity index (χ1v) is 8.35. The molecule has 138 valence electrons. The van der Waals surface area contributed by atoms with Crippen molar-refractivity contribution >= 4 is 29.9 Å². The van der Waals surface area contributed by atoms with E-state index in [-0.39, 0.29) is 30.1 Å². The first-order valence-electron chi connectivity index (χ1n) is 8.35. The van der Waals surface area contributed by atoms with E-state index in [1.54, 1.807) is 6.20 Å². The van der Waals surface area contributed by atoms with Crippen molar-refractivity contribution in [3.63, 3.8) is 0 Å². The molecule has 7 heteroatoms. The van der Waals surface area contributed by atoms with Crippen molar-refractivity contribution in [2.75, 3.05) is 6.54 Å². The molecule has 0 saturated carbocycles. The molecule has 0 aliphatic heterocycles. The fourth-order valence-electron chi connectivity index (χ4n) is 2.22. The van der Waals surface area contributed by atoms with Gasteiger partial charge >= 0.3 is 0 Å². The third kappa shape index (κ3) is 7.33. The first kappa shape index (κ1) is 21.3. The first-order chi connectivity index (χ1) is 11.6. The number of hydrogen-bond donors (Lipinski definition) is 3. The maximum Gasteiger partial charge on any atom is 0.191 e. The van der Waals surface area contributed by atoms with Crippen LogP contribution in [0.4, 0.5) is 0 Å². The number of aryl methyl sites for hydroxylation is 1. The number of aromatic nitrogens is 2. The molecule has 0 spiro atoms. The molecule has 6 nitrogen and oxygen atoms in total. The van der Waals surface area contributed by atoms with Crippen molar-refractivity contribution in [1.29, 1.82) is 0 Å². The lowest BCUT2D eigenvalue weighted by Gasteiger charge is -2.15. The van der Waals surface area contributed by atoms with Crippen LogP contribution in [0.25, 0.3) is 0 Å². The van der Waals surface area contributed by atoms with E-state index < -0.39 is 0 Å². The largest absolute Gasteiger partial charge is 0.491 e. The molecule has 25 heavy (non-hydrogen) atoms. The predicted octanol–water partition coefficient (Wildman–Crippen LogP) is 3.38. The molecule has 0 unspecified atom stereocenters. The Balaban J connectivity index is 0.00000312. The summed E-state index contributed by atoms with van der Waals surface area (Å²) in [6, 6.07) is 8.17. The Bertz CT molecular complexity index is 655. The molecule has 0 amide bonds. The summed E-state index contributed by atoms with van der Waals surface area (Å²) >= 11 is 0. The number of hydrogen-bond acceptors (Lipinski definition) is 3. The highest BCUT2D eigenvalue weighted by molar-refractivity contribution is 14.0. The van der Waals surface area contributed by atoms with E-state index in [2.05, 4.69) is 50.9 Å². The number of rotatable bonds is 7. The zero-order valence-electron chi connectivity index (χ0n) is 15.3. The monoisotopic (exact) mass is 457 g/mol. The number of ether oxygens (including phenoxy) is 1. The normalized spacial score (nSPS) is 11.2. The number of guanidine groups is 1. The molecule has 0 saturated heterocycles. The zero-order chi connectivity index (χ0) is 17.4. The smallest absolute Gasteiger partial charge is 0.191 e. The van der Waals surface area contributed by atoms with Crippen LogP contribution >= 0.6 is 24.0 Å². The molecule has 1 aromatic heterocycles. The zero-order valence-corrected chi connectivity index (χ0v) is 17.6. The van der Waals surface area contributed by atoms with Gasteiger partial charge in [0.1, 0.15) is 5.75 Å². The fraction of sp³-hybridized carbons (Fsp3) is 0.444. The van der Waals surface area contributed by atoms with E-state index >= 15 is 0 Å². The van der Waals surface area contributed by atoms with Crippen LogP contribution in [0.15, 0.2) is 35.5 Å². The Hall–Kier alpha value is -1.77. The number of H-pyrrole nitrogens is 1. The van der Waals surface area contributed by atoms with Gasteiger partial charge in [0.05, 0.1) is 24.9 Å². The van der Waals surface area contributed by atoms with Crippen molar-refractivity contribution < 1.29 is 4.74 Å². The van der Waals surface area contributed by atoms with Gasteiger partial charge in [-0.05, 0) is 45.4 Å². The van der Waals surface area contributed by atoms with Crippen LogP contribution in [0, 0.1) is 6.92 Å². The van der Waals surface area contributed by atoms with E-state index in [1.165, 1.54) is 5.56 Å². The van der Waals surface area contributed by atoms with Crippen LogP contribution in [0.5, 0.6) is 5.75 Å². The van der Waals surface area contributed by atoms with Crippen molar-refractivity contribution in [2.45, 2.75) is 46.9 Å². The van der Waals surface area contributed by atoms with Crippen LogP contribution in [0.1, 0.15) is 37.6 Å². The van der Waals surface area contributed by atoms with E-state index in [1.807, 2.05) is 26.8 Å². The topological polar surface area (TPSA) is 74.3 Å². The maximum absolute atomic E-state index is 5.91. The molecule has 0 aliphatic carbocycles. The number of aromatic amines is 1. The van der Waals surface area contributed by atoms with Crippen molar-refractivity contribution in [3.8, 4) is 5.75 Å². The van der Waals surface area contributed by atoms with Crippen LogP contribution in [0.3, 0.4) is 0 Å². The second-order valence-electron chi connectivity index (χ2n) is 5.91. The van der Waals surface area contributed by atoms with Gasteiger partial charge in [0, 0.05) is 18.3 Å². The van der Waals surface area contributed by atoms with Crippen LogP contribution in [0.2, 0.25) is 0 Å². The third-order valence-corrected chi connectivity index (χ3v) is 3.34. The molecular formula is C18H28IN5O. The van der Waals surface area contributed by atoms with Gasteiger partial charge in [-0.15, -0.1) is 24.0 Å². The average molecular weight is 457 g/mol. The van der Waals surface area contributed by atoms with Gasteiger partial charge in [-0.3, -0.25) is 5.10 Å². The number of halogens is 1. The fourth-order valence-corrected chi connectivity index (χ4v) is 2.22. The van der Waals surface area contributed by atoms with Crippen molar-refractivity contribution in [3.05, 3.63) is 47.3 Å². The summed E-state index contributed by atoms with van der Waals surface area (Å²) in [6.07, 6.45) is 1.88. The summed E-state index contributed by atoms with van der Waals surface area (Å²) in [5.74, 6) is 1.67. The summed E-state index contributed by atoms with van der Waals surface area (Å²) in [4.78, 5) is 4.66. The Morgan fingerprint density at radius 3 is 2.72 bits per heavy atom. The minimum atomic E-state index is 0. The molecular weight excluding hydrogens is 429 g/mol. The minimum absolute atomic E-state index is 0. The SMILES string of the molecule is CCNC(=NCc1ccc(C)cc1OC(C)C)NCc1ccn[nH]1.I. The van der Waals surface area contributed by atoms with Gasteiger partial charge < -0.3 is 15.4 Å². The number of nitrogens with one attached hydrogen (secondary N) is 3. The maximum atomic E-state index is 5.91. The summed E-state index contributed by atoms with van der Waals surface area (Å²) in [5.41, 5.74) is 3.27. The number of nitrogens with zero attached hydrogens (tertiary/aromatic N) is 2. The van der Waals surface area contributed by atoms with Gasteiger partial charge in [0.25, 0.3) is 0 Å². The number of aliphatic imine (C=N–C) groups is 1. The van der Waals surface area contributed by atoms with Gasteiger partial charge in [0.2, 0.25) is 0 Å². The molecule has 2 rings (SSSR count). The number of benzene rings is 1. The average Bonchev–Trinajstić information content (AvgIpc) is 3.04. The van der Waals surface area contributed by atoms with E-state index in [0.717, 1.165) is 29.5 Å². The highest BCUT2D eigenvalue weighted by atomic mass is 127. The highest BCUT2D eigenvalue weighted by Crippen LogP contribution is 2.22. The Labute approximate surface area is 166 Å². The summed E-state index contributed by atoms with van der Waals surface area (Å²) < 4.78 is 5.91. The molecule has 0 atom stereocenters. The third-order valence-electron chi connectivity index (χ3n) is 3.34. The van der Waals surface area contributed by atoms with Crippen LogP contribution in [-0.4, -0.2) is 28.8 Å². The quantitative estimate of drug-likeness (QED) is 0.339. The predicted molar refractivity (Wildman–Crippen MR) is 113 cm³/mol. The molecule has 1 aromatic carbocycles. The summed E-state index contributed by atoms with van der Waals surface area (Å²) in [5, 5.41) is 13.4. The summed E-state index contributed by atoms with van der Waals surface area (Å²) in [7, 11) is 0. The molecule has 0 radical (unpaired) electrons. The molecule has 0 bridgehead atoms. The van der Waals surface area contributed by atoms with Gasteiger partial charge in [-0.25, -0.2) is 4.99 Å². The second kappa shape index (κ2) is 11.0. The van der Waals surface area contributed by atoms with Crippen molar-refractivity contribution in [2.24, 2.45) is 4.99 Å². The van der Waals surface area contributed by atoms with E-state index in [0.29, 0.717) is 13.1 Å². The van der Waals surface area contributed by atoms with Crippen LogP contribution in [-0.2, 0) is 13.1 Å². The molecule has 3 N–H and O–H groups in total. The Morgan fingerprint density at radius 1 is 1.28 bits per heavy atom. The Morgan fingerprint density at radius 2 is 2.08 bits per heavy atom. The van der Waals surface area contributed by atoms with Crippen molar-refractivity contribution in [1.82, 2.24) is 20.8 Å². The molecule has 2 aromatic rings. The lowest BCUT2D eigenvalue weighted by Crippen LogP contribution is -2.36. The van der Waals surface area contributed by atoms with E-state index in [9.17, 15) is 0 Å². The Kier molecular flexibility index (Phi) is 9.33. The van der Waals surface area contributed by atoms with Gasteiger partial charge in [0.15, 0.2) is 5.96 Å². The van der Waals surface area contributed by atoms with Crippen LogP contribution < -0.4 is 15.4 Å². The van der Waals surface area contributed by atoms with E-state index in [4.69, 9.17) is 4.74 Å². The minimum Gasteiger partial charge on any atom is -0.491 e. The standard InChI is InChI=1S/C18H27N5O.HI/c1-5-19-18(21-12-16-8-9-22-23-16)20-11-15-7-6-14(4)10-17(15)24-13(2)3;/h6-10,13H,5,11-12H2,1-4H3,(H,22,23)(H2,19,20,21);1H.